The average Bonchev–Trinajstić information content (AvgIpc) is 3.04. The molecule has 21 heavy (non-hydrogen) atoms. The molecular formula is C14H19N5OS. The van der Waals surface area contributed by atoms with Gasteiger partial charge in [0.1, 0.15) is 16.5 Å². The molecule has 1 fully saturated rings. The maximum absolute atomic E-state index is 12.5. The van der Waals surface area contributed by atoms with Crippen LogP contribution in [0.1, 0.15) is 45.2 Å². The molecule has 0 aromatic carbocycles. The quantitative estimate of drug-likeness (QED) is 0.852. The Balaban J connectivity index is 1.77. The molecule has 0 N–H and O–H groups in total. The number of piperidine rings is 1. The molecule has 0 unspecified atom stereocenters. The number of thiazole rings is 1. The summed E-state index contributed by atoms with van der Waals surface area (Å²) in [7, 11) is 0. The number of likely N-dealkylation sites (tertiary alicyclic amines) is 1. The van der Waals surface area contributed by atoms with E-state index in [1.807, 2.05) is 30.4 Å². The number of aromatic nitrogens is 4. The van der Waals surface area contributed by atoms with Crippen LogP contribution in [0.4, 0.5) is 0 Å². The van der Waals surface area contributed by atoms with Crippen LogP contribution in [-0.2, 0) is 0 Å². The standard InChI is InChI=1S/C14H19N5OS/c1-9-16-10(2)19(17-9)12-5-4-6-18(8-12)14(20)13-7-15-11(3)21-13/h7,12H,4-6,8H2,1-3H3/t12-/m0/s1. The van der Waals surface area contributed by atoms with Crippen molar-refractivity contribution in [3.63, 3.8) is 0 Å². The highest BCUT2D eigenvalue weighted by molar-refractivity contribution is 7.13. The molecule has 3 rings (SSSR count). The molecule has 1 atom stereocenters. The van der Waals surface area contributed by atoms with Gasteiger partial charge in [0.15, 0.2) is 0 Å². The van der Waals surface area contributed by atoms with Crippen molar-refractivity contribution in [1.82, 2.24) is 24.6 Å². The molecule has 1 amide bonds. The van der Waals surface area contributed by atoms with Gasteiger partial charge in [-0.25, -0.2) is 14.6 Å². The van der Waals surface area contributed by atoms with E-state index in [0.717, 1.165) is 40.9 Å². The van der Waals surface area contributed by atoms with Gasteiger partial charge >= 0.3 is 0 Å². The average molecular weight is 305 g/mol. The van der Waals surface area contributed by atoms with Crippen LogP contribution in [0.5, 0.6) is 0 Å². The monoisotopic (exact) mass is 305 g/mol. The number of rotatable bonds is 2. The topological polar surface area (TPSA) is 63.9 Å². The smallest absolute Gasteiger partial charge is 0.265 e. The van der Waals surface area contributed by atoms with Crippen LogP contribution in [0.25, 0.3) is 0 Å². The molecule has 2 aromatic heterocycles. The maximum atomic E-state index is 12.5. The van der Waals surface area contributed by atoms with Gasteiger partial charge in [-0.05, 0) is 33.6 Å². The molecule has 3 heterocycles. The number of carbonyl (C=O) groups excluding carboxylic acids is 1. The summed E-state index contributed by atoms with van der Waals surface area (Å²) in [5, 5.41) is 5.39. The lowest BCUT2D eigenvalue weighted by Gasteiger charge is -2.32. The van der Waals surface area contributed by atoms with E-state index in [-0.39, 0.29) is 11.9 Å². The normalized spacial score (nSPS) is 19.0. The minimum atomic E-state index is 0.0831. The zero-order chi connectivity index (χ0) is 15.0. The minimum Gasteiger partial charge on any atom is -0.336 e. The van der Waals surface area contributed by atoms with E-state index in [0.29, 0.717) is 6.54 Å². The van der Waals surface area contributed by atoms with Gasteiger partial charge in [-0.1, -0.05) is 0 Å². The van der Waals surface area contributed by atoms with Crippen molar-refractivity contribution in [2.24, 2.45) is 0 Å². The van der Waals surface area contributed by atoms with E-state index < -0.39 is 0 Å². The molecule has 112 valence electrons. The van der Waals surface area contributed by atoms with Gasteiger partial charge in [-0.3, -0.25) is 4.79 Å². The summed E-state index contributed by atoms with van der Waals surface area (Å²) in [6, 6.07) is 0.220. The first-order valence-corrected chi connectivity index (χ1v) is 7.97. The molecule has 0 saturated carbocycles. The lowest BCUT2D eigenvalue weighted by Crippen LogP contribution is -2.41. The third-order valence-corrected chi connectivity index (χ3v) is 4.67. The van der Waals surface area contributed by atoms with Crippen molar-refractivity contribution in [3.8, 4) is 0 Å². The van der Waals surface area contributed by atoms with Crippen LogP contribution >= 0.6 is 11.3 Å². The second-order valence-electron chi connectivity index (χ2n) is 5.44. The number of nitrogens with zero attached hydrogens (tertiary/aromatic N) is 5. The molecule has 2 aromatic rings. The maximum Gasteiger partial charge on any atom is 0.265 e. The Labute approximate surface area is 127 Å². The Hall–Kier alpha value is -1.76. The fourth-order valence-electron chi connectivity index (χ4n) is 2.84. The summed E-state index contributed by atoms with van der Waals surface area (Å²) in [6.45, 7) is 7.28. The predicted octanol–water partition coefficient (Wildman–Crippen LogP) is 2.14. The fourth-order valence-corrected chi connectivity index (χ4v) is 3.58. The van der Waals surface area contributed by atoms with Crippen LogP contribution in [0, 0.1) is 20.8 Å². The lowest BCUT2D eigenvalue weighted by atomic mass is 10.1. The molecule has 0 radical (unpaired) electrons. The van der Waals surface area contributed by atoms with Crippen molar-refractivity contribution in [3.05, 3.63) is 27.7 Å². The first kappa shape index (κ1) is 14.2. The van der Waals surface area contributed by atoms with Gasteiger partial charge in [0.2, 0.25) is 0 Å². The zero-order valence-corrected chi connectivity index (χ0v) is 13.4. The van der Waals surface area contributed by atoms with Crippen molar-refractivity contribution in [2.75, 3.05) is 13.1 Å². The fraction of sp³-hybridized carbons (Fsp3) is 0.571. The van der Waals surface area contributed by atoms with Crippen LogP contribution in [0.3, 0.4) is 0 Å². The molecule has 0 spiro atoms. The lowest BCUT2D eigenvalue weighted by molar-refractivity contribution is 0.0676. The number of amides is 1. The summed E-state index contributed by atoms with van der Waals surface area (Å²) in [5.74, 6) is 1.79. The molecular weight excluding hydrogens is 286 g/mol. The molecule has 0 aliphatic carbocycles. The molecule has 6 nitrogen and oxygen atoms in total. The van der Waals surface area contributed by atoms with Gasteiger partial charge in [-0.15, -0.1) is 11.3 Å². The highest BCUT2D eigenvalue weighted by Gasteiger charge is 2.27. The number of hydrogen-bond acceptors (Lipinski definition) is 5. The van der Waals surface area contributed by atoms with Crippen LogP contribution < -0.4 is 0 Å². The van der Waals surface area contributed by atoms with Gasteiger partial charge in [0, 0.05) is 13.1 Å². The van der Waals surface area contributed by atoms with Crippen molar-refractivity contribution < 1.29 is 4.79 Å². The summed E-state index contributed by atoms with van der Waals surface area (Å²) in [6.07, 6.45) is 3.71. The van der Waals surface area contributed by atoms with Crippen molar-refractivity contribution in [2.45, 2.75) is 39.7 Å². The summed E-state index contributed by atoms with van der Waals surface area (Å²) < 4.78 is 1.96. The van der Waals surface area contributed by atoms with Gasteiger partial charge < -0.3 is 4.90 Å². The number of hydrogen-bond donors (Lipinski definition) is 0. The molecule has 1 aliphatic heterocycles. The molecule has 7 heteroatoms. The Morgan fingerprint density at radius 1 is 1.38 bits per heavy atom. The van der Waals surface area contributed by atoms with Gasteiger partial charge in [-0.2, -0.15) is 5.10 Å². The van der Waals surface area contributed by atoms with Crippen molar-refractivity contribution >= 4 is 17.2 Å². The molecule has 1 saturated heterocycles. The summed E-state index contributed by atoms with van der Waals surface area (Å²) >= 11 is 1.46. The Morgan fingerprint density at radius 3 is 2.81 bits per heavy atom. The van der Waals surface area contributed by atoms with E-state index in [1.54, 1.807) is 6.20 Å². The number of aryl methyl sites for hydroxylation is 3. The van der Waals surface area contributed by atoms with E-state index in [1.165, 1.54) is 11.3 Å². The summed E-state index contributed by atoms with van der Waals surface area (Å²) in [5.41, 5.74) is 0. The van der Waals surface area contributed by atoms with E-state index in [2.05, 4.69) is 15.1 Å². The minimum absolute atomic E-state index is 0.0831. The van der Waals surface area contributed by atoms with Crippen LogP contribution in [-0.4, -0.2) is 43.6 Å². The largest absolute Gasteiger partial charge is 0.336 e. The number of carbonyl (C=O) groups is 1. The molecule has 1 aliphatic rings. The highest BCUT2D eigenvalue weighted by atomic mass is 32.1. The Bertz CT molecular complexity index is 662. The molecule has 0 bridgehead atoms. The van der Waals surface area contributed by atoms with E-state index >= 15 is 0 Å². The Kier molecular flexibility index (Phi) is 3.75. The highest BCUT2D eigenvalue weighted by Crippen LogP contribution is 2.24. The first-order chi connectivity index (χ1) is 10.0. The Morgan fingerprint density at radius 2 is 2.19 bits per heavy atom. The van der Waals surface area contributed by atoms with E-state index in [4.69, 9.17) is 0 Å². The second-order valence-corrected chi connectivity index (χ2v) is 6.68. The first-order valence-electron chi connectivity index (χ1n) is 7.16. The van der Waals surface area contributed by atoms with Gasteiger partial charge in [0.05, 0.1) is 17.2 Å². The van der Waals surface area contributed by atoms with Crippen molar-refractivity contribution in [1.29, 1.82) is 0 Å². The SMILES string of the molecule is Cc1nc(C)n([C@H]2CCCN(C(=O)c3cnc(C)s3)C2)n1. The third kappa shape index (κ3) is 2.83. The van der Waals surface area contributed by atoms with Crippen LogP contribution in [0.2, 0.25) is 0 Å². The van der Waals surface area contributed by atoms with E-state index in [9.17, 15) is 4.79 Å². The van der Waals surface area contributed by atoms with Crippen LogP contribution in [0.15, 0.2) is 6.20 Å². The third-order valence-electron chi connectivity index (χ3n) is 3.77. The van der Waals surface area contributed by atoms with Gasteiger partial charge in [0.25, 0.3) is 5.91 Å². The predicted molar refractivity (Wildman–Crippen MR) is 80.5 cm³/mol. The summed E-state index contributed by atoms with van der Waals surface area (Å²) in [4.78, 5) is 23.7. The zero-order valence-electron chi connectivity index (χ0n) is 12.5. The second kappa shape index (κ2) is 5.55.